The van der Waals surface area contributed by atoms with Crippen molar-refractivity contribution < 1.29 is 0 Å². The zero-order chi connectivity index (χ0) is 14.0. The van der Waals surface area contributed by atoms with E-state index in [1.165, 1.54) is 24.9 Å². The van der Waals surface area contributed by atoms with Crippen LogP contribution < -0.4 is 10.6 Å². The van der Waals surface area contributed by atoms with Crippen molar-refractivity contribution in [3.63, 3.8) is 0 Å². The minimum absolute atomic E-state index is 0.348. The summed E-state index contributed by atoms with van der Waals surface area (Å²) in [6.07, 6.45) is 3.94. The van der Waals surface area contributed by atoms with E-state index in [1.807, 2.05) is 0 Å². The Labute approximate surface area is 124 Å². The lowest BCUT2D eigenvalue weighted by molar-refractivity contribution is 0.0683. The molecule has 0 radical (unpaired) electrons. The molecule has 1 aliphatic rings. The van der Waals surface area contributed by atoms with Gasteiger partial charge in [-0.15, -0.1) is 0 Å². The largest absolute Gasteiger partial charge is 0.372 e. The molecule has 0 atom stereocenters. The van der Waals surface area contributed by atoms with Gasteiger partial charge in [0.1, 0.15) is 0 Å². The third-order valence-corrected chi connectivity index (χ3v) is 5.06. The Balaban J connectivity index is 2.13. The standard InChI is InChI=1S/C15H24BrN3/c1-18(2)15(7-4-8-15)11-19(3)14-6-5-12(10-17)9-13(14)16/h5-6,9H,4,7-8,10-11,17H2,1-3H3. The van der Waals surface area contributed by atoms with Gasteiger partial charge >= 0.3 is 0 Å². The average Bonchev–Trinajstić information content (AvgIpc) is 2.32. The Bertz CT molecular complexity index is 441. The van der Waals surface area contributed by atoms with Crippen molar-refractivity contribution >= 4 is 21.6 Å². The lowest BCUT2D eigenvalue weighted by Gasteiger charge is -2.49. The number of likely N-dealkylation sites (N-methyl/N-ethyl adjacent to an activating group) is 2. The molecule has 1 aliphatic carbocycles. The summed E-state index contributed by atoms with van der Waals surface area (Å²) in [6.45, 7) is 1.66. The van der Waals surface area contributed by atoms with Crippen LogP contribution in [0.2, 0.25) is 0 Å². The van der Waals surface area contributed by atoms with Gasteiger partial charge in [0.05, 0.1) is 5.69 Å². The Morgan fingerprint density at radius 1 is 1.26 bits per heavy atom. The number of nitrogens with two attached hydrogens (primary N) is 1. The molecular weight excluding hydrogens is 302 g/mol. The van der Waals surface area contributed by atoms with E-state index < -0.39 is 0 Å². The average molecular weight is 326 g/mol. The van der Waals surface area contributed by atoms with E-state index in [0.717, 1.165) is 16.6 Å². The van der Waals surface area contributed by atoms with E-state index in [2.05, 4.69) is 65.1 Å². The van der Waals surface area contributed by atoms with Crippen molar-refractivity contribution in [1.29, 1.82) is 0 Å². The molecule has 1 fully saturated rings. The van der Waals surface area contributed by atoms with Crippen LogP contribution in [0.4, 0.5) is 5.69 Å². The number of hydrogen-bond donors (Lipinski definition) is 1. The molecule has 1 aromatic carbocycles. The van der Waals surface area contributed by atoms with Crippen molar-refractivity contribution in [2.45, 2.75) is 31.3 Å². The number of hydrogen-bond acceptors (Lipinski definition) is 3. The molecule has 2 N–H and O–H groups in total. The molecule has 4 heteroatoms. The van der Waals surface area contributed by atoms with Gasteiger partial charge in [-0.1, -0.05) is 6.07 Å². The van der Waals surface area contributed by atoms with Crippen molar-refractivity contribution in [2.75, 3.05) is 32.6 Å². The number of rotatable bonds is 5. The molecule has 0 bridgehead atoms. The van der Waals surface area contributed by atoms with E-state index in [9.17, 15) is 0 Å². The van der Waals surface area contributed by atoms with Gasteiger partial charge in [-0.3, -0.25) is 0 Å². The molecule has 0 aromatic heterocycles. The highest BCUT2D eigenvalue weighted by atomic mass is 79.9. The zero-order valence-electron chi connectivity index (χ0n) is 12.1. The van der Waals surface area contributed by atoms with Crippen LogP contribution in [-0.4, -0.2) is 38.1 Å². The van der Waals surface area contributed by atoms with Crippen molar-refractivity contribution in [2.24, 2.45) is 5.73 Å². The van der Waals surface area contributed by atoms with Crippen LogP contribution in [-0.2, 0) is 6.54 Å². The summed E-state index contributed by atoms with van der Waals surface area (Å²) in [5.41, 5.74) is 8.43. The topological polar surface area (TPSA) is 32.5 Å². The molecule has 1 aromatic rings. The van der Waals surface area contributed by atoms with Crippen LogP contribution in [0.5, 0.6) is 0 Å². The van der Waals surface area contributed by atoms with E-state index in [-0.39, 0.29) is 0 Å². The number of benzene rings is 1. The van der Waals surface area contributed by atoms with Gasteiger partial charge in [-0.25, -0.2) is 0 Å². The fourth-order valence-electron chi connectivity index (χ4n) is 2.85. The third kappa shape index (κ3) is 2.96. The molecule has 0 heterocycles. The monoisotopic (exact) mass is 325 g/mol. The minimum Gasteiger partial charge on any atom is -0.372 e. The lowest BCUT2D eigenvalue weighted by atomic mass is 9.75. The Hall–Kier alpha value is -0.580. The fraction of sp³-hybridized carbons (Fsp3) is 0.600. The van der Waals surface area contributed by atoms with Gasteiger partial charge in [-0.05, 0) is 67.0 Å². The predicted molar refractivity (Wildman–Crippen MR) is 85.6 cm³/mol. The first kappa shape index (κ1) is 14.8. The van der Waals surface area contributed by atoms with Crippen LogP contribution in [0.15, 0.2) is 22.7 Å². The number of nitrogens with zero attached hydrogens (tertiary/aromatic N) is 2. The van der Waals surface area contributed by atoms with Crippen molar-refractivity contribution in [3.05, 3.63) is 28.2 Å². The summed E-state index contributed by atoms with van der Waals surface area (Å²) in [6, 6.07) is 6.39. The Morgan fingerprint density at radius 2 is 1.95 bits per heavy atom. The summed E-state index contributed by atoms with van der Waals surface area (Å²) >= 11 is 3.66. The summed E-state index contributed by atoms with van der Waals surface area (Å²) in [7, 11) is 6.56. The quantitative estimate of drug-likeness (QED) is 0.903. The molecule has 2 rings (SSSR count). The summed E-state index contributed by atoms with van der Waals surface area (Å²) in [5.74, 6) is 0. The van der Waals surface area contributed by atoms with Gasteiger partial charge in [0.25, 0.3) is 0 Å². The van der Waals surface area contributed by atoms with Crippen LogP contribution in [0, 0.1) is 0 Å². The summed E-state index contributed by atoms with van der Waals surface area (Å²) in [5, 5.41) is 0. The highest BCUT2D eigenvalue weighted by molar-refractivity contribution is 9.10. The lowest BCUT2D eigenvalue weighted by Crippen LogP contribution is -2.56. The van der Waals surface area contributed by atoms with Gasteiger partial charge in [0, 0.05) is 30.1 Å². The molecule has 19 heavy (non-hydrogen) atoms. The van der Waals surface area contributed by atoms with Gasteiger partial charge in [-0.2, -0.15) is 0 Å². The van der Waals surface area contributed by atoms with Gasteiger partial charge in [0.2, 0.25) is 0 Å². The second-order valence-corrected chi connectivity index (χ2v) is 6.67. The molecule has 3 nitrogen and oxygen atoms in total. The molecule has 0 spiro atoms. The second kappa shape index (κ2) is 5.81. The van der Waals surface area contributed by atoms with Crippen LogP contribution in [0.25, 0.3) is 0 Å². The predicted octanol–water partition coefficient (Wildman–Crippen LogP) is 2.83. The molecule has 106 valence electrons. The zero-order valence-corrected chi connectivity index (χ0v) is 13.7. The summed E-state index contributed by atoms with van der Waals surface area (Å²) in [4.78, 5) is 4.73. The van der Waals surface area contributed by atoms with Gasteiger partial charge < -0.3 is 15.5 Å². The Kier molecular flexibility index (Phi) is 4.54. The van der Waals surface area contributed by atoms with E-state index in [4.69, 9.17) is 5.73 Å². The first-order valence-electron chi connectivity index (χ1n) is 6.85. The highest BCUT2D eigenvalue weighted by Crippen LogP contribution is 2.38. The van der Waals surface area contributed by atoms with Crippen LogP contribution in [0.3, 0.4) is 0 Å². The smallest absolute Gasteiger partial charge is 0.0508 e. The normalized spacial score (nSPS) is 17.4. The van der Waals surface area contributed by atoms with Crippen LogP contribution >= 0.6 is 15.9 Å². The fourth-order valence-corrected chi connectivity index (χ4v) is 3.57. The molecule has 1 saturated carbocycles. The molecule has 0 saturated heterocycles. The van der Waals surface area contributed by atoms with Gasteiger partial charge in [0.15, 0.2) is 0 Å². The van der Waals surface area contributed by atoms with E-state index in [1.54, 1.807) is 0 Å². The number of halogens is 1. The molecule has 0 amide bonds. The molecule has 0 unspecified atom stereocenters. The van der Waals surface area contributed by atoms with Crippen molar-refractivity contribution in [1.82, 2.24) is 4.90 Å². The first-order chi connectivity index (χ1) is 8.98. The highest BCUT2D eigenvalue weighted by Gasteiger charge is 2.40. The number of anilines is 1. The minimum atomic E-state index is 0.348. The maximum Gasteiger partial charge on any atom is 0.0508 e. The Morgan fingerprint density at radius 3 is 2.37 bits per heavy atom. The van der Waals surface area contributed by atoms with Crippen molar-refractivity contribution in [3.8, 4) is 0 Å². The molecular formula is C15H24BrN3. The van der Waals surface area contributed by atoms with E-state index >= 15 is 0 Å². The SMILES string of the molecule is CN(CC1(N(C)C)CCC1)c1ccc(CN)cc1Br. The maximum absolute atomic E-state index is 5.68. The first-order valence-corrected chi connectivity index (χ1v) is 7.65. The summed E-state index contributed by atoms with van der Waals surface area (Å²) < 4.78 is 1.13. The molecule has 0 aliphatic heterocycles. The maximum atomic E-state index is 5.68. The van der Waals surface area contributed by atoms with Crippen LogP contribution in [0.1, 0.15) is 24.8 Å². The third-order valence-electron chi connectivity index (χ3n) is 4.42. The van der Waals surface area contributed by atoms with E-state index in [0.29, 0.717) is 12.1 Å². The second-order valence-electron chi connectivity index (χ2n) is 5.82.